The minimum Gasteiger partial charge on any atom is -0.497 e. The van der Waals surface area contributed by atoms with Crippen LogP contribution in [-0.4, -0.2) is 37.4 Å². The summed E-state index contributed by atoms with van der Waals surface area (Å²) in [6.07, 6.45) is 3.27. The lowest BCUT2D eigenvalue weighted by Crippen LogP contribution is -2.43. The number of aryl methyl sites for hydroxylation is 1. The first kappa shape index (κ1) is 15.6. The van der Waals surface area contributed by atoms with Crippen molar-refractivity contribution in [3.05, 3.63) is 29.3 Å². The topological polar surface area (TPSA) is 70.6 Å². The van der Waals surface area contributed by atoms with Crippen molar-refractivity contribution in [1.82, 2.24) is 10.6 Å². The van der Waals surface area contributed by atoms with Crippen LogP contribution in [0.4, 0.5) is 4.79 Å². The highest BCUT2D eigenvalue weighted by molar-refractivity contribution is 5.74. The molecule has 1 aromatic rings. The average molecular weight is 292 g/mol. The number of ether oxygens (including phenoxy) is 1. The monoisotopic (exact) mass is 292 g/mol. The van der Waals surface area contributed by atoms with Gasteiger partial charge < -0.3 is 20.5 Å². The van der Waals surface area contributed by atoms with Crippen LogP contribution >= 0.6 is 0 Å². The molecule has 3 N–H and O–H groups in total. The summed E-state index contributed by atoms with van der Waals surface area (Å²) < 4.78 is 5.27. The number of hydrogen-bond acceptors (Lipinski definition) is 3. The van der Waals surface area contributed by atoms with Crippen molar-refractivity contribution < 1.29 is 14.6 Å². The van der Waals surface area contributed by atoms with Gasteiger partial charge in [-0.05, 0) is 49.4 Å². The number of aliphatic hydroxyl groups excluding tert-OH is 1. The molecular weight excluding hydrogens is 268 g/mol. The summed E-state index contributed by atoms with van der Waals surface area (Å²) in [5, 5.41) is 14.5. The molecule has 0 spiro atoms. The van der Waals surface area contributed by atoms with Crippen LogP contribution in [0.5, 0.6) is 5.75 Å². The number of hydrogen-bond donors (Lipinski definition) is 3. The minimum atomic E-state index is -0.229. The van der Waals surface area contributed by atoms with Crippen LogP contribution in [-0.2, 0) is 6.42 Å². The van der Waals surface area contributed by atoms with E-state index in [2.05, 4.69) is 22.8 Å². The Morgan fingerprint density at radius 3 is 3.05 bits per heavy atom. The van der Waals surface area contributed by atoms with E-state index in [1.165, 1.54) is 11.1 Å². The lowest BCUT2D eigenvalue weighted by molar-refractivity contribution is 0.220. The molecule has 5 heteroatoms. The Balaban J connectivity index is 1.95. The molecule has 0 aliphatic heterocycles. The van der Waals surface area contributed by atoms with E-state index < -0.39 is 0 Å². The maximum absolute atomic E-state index is 11.7. The Morgan fingerprint density at radius 2 is 2.33 bits per heavy atom. The predicted molar refractivity (Wildman–Crippen MR) is 81.8 cm³/mol. The van der Waals surface area contributed by atoms with Crippen molar-refractivity contribution in [1.29, 1.82) is 0 Å². The fourth-order valence-electron chi connectivity index (χ4n) is 2.77. The van der Waals surface area contributed by atoms with Gasteiger partial charge in [0.15, 0.2) is 0 Å². The van der Waals surface area contributed by atoms with E-state index in [9.17, 15) is 4.79 Å². The van der Waals surface area contributed by atoms with Crippen molar-refractivity contribution >= 4 is 6.03 Å². The fourth-order valence-corrected chi connectivity index (χ4v) is 2.77. The SMILES string of the molecule is COc1ccc2c(c1)CCCC2CNC(=O)NC(C)CO. The number of carbonyl (C=O) groups excluding carboxylic acids is 1. The number of amides is 2. The number of methoxy groups -OCH3 is 1. The van der Waals surface area contributed by atoms with Crippen LogP contribution in [0.25, 0.3) is 0 Å². The number of nitrogens with one attached hydrogen (secondary N) is 2. The highest BCUT2D eigenvalue weighted by Gasteiger charge is 2.21. The first-order valence-electron chi connectivity index (χ1n) is 7.46. The lowest BCUT2D eigenvalue weighted by atomic mass is 9.82. The zero-order valence-electron chi connectivity index (χ0n) is 12.7. The van der Waals surface area contributed by atoms with Crippen LogP contribution in [0.15, 0.2) is 18.2 Å². The molecule has 1 aliphatic rings. The Hall–Kier alpha value is -1.75. The van der Waals surface area contributed by atoms with Crippen LogP contribution in [0.2, 0.25) is 0 Å². The maximum Gasteiger partial charge on any atom is 0.315 e. The normalized spacial score (nSPS) is 18.5. The second-order valence-corrected chi connectivity index (χ2v) is 5.59. The second-order valence-electron chi connectivity index (χ2n) is 5.59. The van der Waals surface area contributed by atoms with Crippen molar-refractivity contribution in [2.75, 3.05) is 20.3 Å². The van der Waals surface area contributed by atoms with Crippen LogP contribution in [0.1, 0.15) is 36.8 Å². The van der Waals surface area contributed by atoms with Gasteiger partial charge in [0.2, 0.25) is 0 Å². The van der Waals surface area contributed by atoms with Gasteiger partial charge in [-0.15, -0.1) is 0 Å². The number of aliphatic hydroxyl groups is 1. The molecule has 0 saturated heterocycles. The average Bonchev–Trinajstić information content (AvgIpc) is 2.51. The van der Waals surface area contributed by atoms with Crippen LogP contribution in [0.3, 0.4) is 0 Å². The van der Waals surface area contributed by atoms with E-state index in [0.717, 1.165) is 25.0 Å². The van der Waals surface area contributed by atoms with Crippen LogP contribution in [0, 0.1) is 0 Å². The molecule has 0 aromatic heterocycles. The van der Waals surface area contributed by atoms with Gasteiger partial charge in [0.25, 0.3) is 0 Å². The number of fused-ring (bicyclic) bond motifs is 1. The maximum atomic E-state index is 11.7. The summed E-state index contributed by atoms with van der Waals surface area (Å²) in [6.45, 7) is 2.32. The van der Waals surface area contributed by atoms with E-state index in [4.69, 9.17) is 9.84 Å². The second kappa shape index (κ2) is 7.31. The Bertz CT molecular complexity index is 490. The molecule has 2 unspecified atom stereocenters. The van der Waals surface area contributed by atoms with Gasteiger partial charge in [0.1, 0.15) is 5.75 Å². The standard InChI is InChI=1S/C16H24N2O3/c1-11(10-19)18-16(20)17-9-13-5-3-4-12-8-14(21-2)6-7-15(12)13/h6-8,11,13,19H,3-5,9-10H2,1-2H3,(H2,17,18,20). The summed E-state index contributed by atoms with van der Waals surface area (Å²) in [5.74, 6) is 1.23. The van der Waals surface area contributed by atoms with E-state index >= 15 is 0 Å². The van der Waals surface area contributed by atoms with Gasteiger partial charge in [0, 0.05) is 12.5 Å². The van der Waals surface area contributed by atoms with Gasteiger partial charge >= 0.3 is 6.03 Å². The molecule has 2 rings (SSSR count). The fraction of sp³-hybridized carbons (Fsp3) is 0.562. The molecule has 2 atom stereocenters. The number of benzene rings is 1. The quantitative estimate of drug-likeness (QED) is 0.775. The zero-order chi connectivity index (χ0) is 15.2. The highest BCUT2D eigenvalue weighted by Crippen LogP contribution is 2.33. The molecule has 0 radical (unpaired) electrons. The molecular formula is C16H24N2O3. The van der Waals surface area contributed by atoms with E-state index in [0.29, 0.717) is 12.5 Å². The van der Waals surface area contributed by atoms with E-state index in [-0.39, 0.29) is 18.7 Å². The third-order valence-corrected chi connectivity index (χ3v) is 3.95. The molecule has 0 fully saturated rings. The molecule has 0 saturated carbocycles. The third-order valence-electron chi connectivity index (χ3n) is 3.95. The molecule has 1 aliphatic carbocycles. The first-order valence-corrected chi connectivity index (χ1v) is 7.46. The Kier molecular flexibility index (Phi) is 5.44. The van der Waals surface area contributed by atoms with Gasteiger partial charge in [0.05, 0.1) is 19.8 Å². The third kappa shape index (κ3) is 4.11. The van der Waals surface area contributed by atoms with E-state index in [1.54, 1.807) is 14.0 Å². The number of urea groups is 1. The molecule has 5 nitrogen and oxygen atoms in total. The van der Waals surface area contributed by atoms with Gasteiger partial charge in [-0.2, -0.15) is 0 Å². The number of carbonyl (C=O) groups is 1. The van der Waals surface area contributed by atoms with Gasteiger partial charge in [-0.1, -0.05) is 6.07 Å². The summed E-state index contributed by atoms with van der Waals surface area (Å²) in [4.78, 5) is 11.7. The summed E-state index contributed by atoms with van der Waals surface area (Å²) in [6, 6.07) is 5.72. The molecule has 116 valence electrons. The van der Waals surface area contributed by atoms with E-state index in [1.807, 2.05) is 6.07 Å². The molecule has 2 amide bonds. The van der Waals surface area contributed by atoms with Crippen molar-refractivity contribution in [2.45, 2.75) is 38.1 Å². The Morgan fingerprint density at radius 1 is 1.52 bits per heavy atom. The summed E-state index contributed by atoms with van der Waals surface area (Å²) in [5.41, 5.74) is 2.62. The Labute approximate surface area is 125 Å². The molecule has 0 bridgehead atoms. The van der Waals surface area contributed by atoms with Crippen LogP contribution < -0.4 is 15.4 Å². The lowest BCUT2D eigenvalue weighted by Gasteiger charge is -2.26. The highest BCUT2D eigenvalue weighted by atomic mass is 16.5. The molecule has 1 aromatic carbocycles. The van der Waals surface area contributed by atoms with Crippen molar-refractivity contribution in [3.8, 4) is 5.75 Å². The smallest absolute Gasteiger partial charge is 0.315 e. The van der Waals surface area contributed by atoms with Gasteiger partial charge in [-0.3, -0.25) is 0 Å². The summed E-state index contributed by atoms with van der Waals surface area (Å²) >= 11 is 0. The summed E-state index contributed by atoms with van der Waals surface area (Å²) in [7, 11) is 1.68. The van der Waals surface area contributed by atoms with Crippen molar-refractivity contribution in [2.24, 2.45) is 0 Å². The molecule has 0 heterocycles. The van der Waals surface area contributed by atoms with Crippen molar-refractivity contribution in [3.63, 3.8) is 0 Å². The largest absolute Gasteiger partial charge is 0.497 e. The zero-order valence-corrected chi connectivity index (χ0v) is 12.7. The van der Waals surface area contributed by atoms with Gasteiger partial charge in [-0.25, -0.2) is 4.79 Å². The first-order chi connectivity index (χ1) is 10.1. The minimum absolute atomic E-state index is 0.0561. The number of rotatable bonds is 5. The predicted octanol–water partition coefficient (Wildman–Crippen LogP) is 1.80. The molecule has 21 heavy (non-hydrogen) atoms.